The third kappa shape index (κ3) is 3.83. The number of nitrogens with two attached hydrogens (primary N) is 1. The van der Waals surface area contributed by atoms with Gasteiger partial charge < -0.3 is 10.5 Å². The first-order valence-corrected chi connectivity index (χ1v) is 6.64. The summed E-state index contributed by atoms with van der Waals surface area (Å²) in [5.74, 6) is 0.506. The minimum absolute atomic E-state index is 0. The number of halogens is 3. The lowest BCUT2D eigenvalue weighted by atomic mass is 9.88. The number of hydrogen-bond donors (Lipinski definition) is 1. The molecule has 1 atom stereocenters. The maximum atomic E-state index is 6.29. The molecule has 96 valence electrons. The van der Waals surface area contributed by atoms with Crippen molar-refractivity contribution in [3.05, 3.63) is 33.3 Å². The summed E-state index contributed by atoms with van der Waals surface area (Å²) in [4.78, 5) is 0. The molecule has 1 aliphatic heterocycles. The fourth-order valence-electron chi connectivity index (χ4n) is 2.10. The summed E-state index contributed by atoms with van der Waals surface area (Å²) in [5, 5.41) is 0.731. The zero-order chi connectivity index (χ0) is 11.5. The van der Waals surface area contributed by atoms with Gasteiger partial charge in [0.25, 0.3) is 0 Å². The lowest BCUT2D eigenvalue weighted by molar-refractivity contribution is 0.0583. The van der Waals surface area contributed by atoms with E-state index in [4.69, 9.17) is 22.1 Å². The van der Waals surface area contributed by atoms with E-state index in [1.165, 1.54) is 0 Å². The molecule has 1 aliphatic rings. The summed E-state index contributed by atoms with van der Waals surface area (Å²) in [6.45, 7) is 1.65. The Morgan fingerprint density at radius 2 is 2.00 bits per heavy atom. The van der Waals surface area contributed by atoms with Crippen LogP contribution in [0, 0.1) is 5.92 Å². The van der Waals surface area contributed by atoms with Crippen molar-refractivity contribution in [2.45, 2.75) is 18.9 Å². The Balaban J connectivity index is 0.00000144. The van der Waals surface area contributed by atoms with Gasteiger partial charge in [0, 0.05) is 28.8 Å². The lowest BCUT2D eigenvalue weighted by Gasteiger charge is -2.28. The van der Waals surface area contributed by atoms with Gasteiger partial charge in [-0.3, -0.25) is 0 Å². The highest BCUT2D eigenvalue weighted by atomic mass is 79.9. The standard InChI is InChI=1S/C12H15BrClNO.ClH/c13-11-7-9(14)1-2-10(11)12(15)8-3-5-16-6-4-8;/h1-2,7-8,12H,3-6,15H2;1H/t12-;/m1./s1. The van der Waals surface area contributed by atoms with Crippen molar-refractivity contribution in [2.24, 2.45) is 11.7 Å². The normalized spacial score (nSPS) is 18.5. The molecule has 2 nitrogen and oxygen atoms in total. The first-order valence-electron chi connectivity index (χ1n) is 5.47. The van der Waals surface area contributed by atoms with Gasteiger partial charge in [-0.25, -0.2) is 0 Å². The Morgan fingerprint density at radius 1 is 1.35 bits per heavy atom. The van der Waals surface area contributed by atoms with Gasteiger partial charge >= 0.3 is 0 Å². The molecule has 0 saturated carbocycles. The van der Waals surface area contributed by atoms with E-state index in [9.17, 15) is 0 Å². The summed E-state index contributed by atoms with van der Waals surface area (Å²) in [6.07, 6.45) is 2.08. The monoisotopic (exact) mass is 339 g/mol. The number of rotatable bonds is 2. The van der Waals surface area contributed by atoms with E-state index in [1.54, 1.807) is 0 Å². The van der Waals surface area contributed by atoms with Crippen LogP contribution in [0.5, 0.6) is 0 Å². The van der Waals surface area contributed by atoms with E-state index in [-0.39, 0.29) is 18.4 Å². The average molecular weight is 341 g/mol. The van der Waals surface area contributed by atoms with Gasteiger partial charge in [-0.1, -0.05) is 33.6 Å². The smallest absolute Gasteiger partial charge is 0.0469 e. The summed E-state index contributed by atoms with van der Waals surface area (Å²) in [5.41, 5.74) is 7.43. The summed E-state index contributed by atoms with van der Waals surface area (Å²) in [7, 11) is 0. The predicted octanol–water partition coefficient (Wildman–Crippen LogP) is 3.95. The molecule has 1 aromatic carbocycles. The van der Waals surface area contributed by atoms with Crippen LogP contribution in [-0.4, -0.2) is 13.2 Å². The number of benzene rings is 1. The Labute approximate surface area is 121 Å². The maximum Gasteiger partial charge on any atom is 0.0469 e. The highest BCUT2D eigenvalue weighted by Gasteiger charge is 2.23. The molecule has 2 rings (SSSR count). The molecule has 1 heterocycles. The van der Waals surface area contributed by atoms with Crippen LogP contribution in [0.4, 0.5) is 0 Å². The quantitative estimate of drug-likeness (QED) is 0.884. The number of hydrogen-bond acceptors (Lipinski definition) is 2. The molecule has 1 aromatic rings. The minimum Gasteiger partial charge on any atom is -0.381 e. The maximum absolute atomic E-state index is 6.29. The zero-order valence-electron chi connectivity index (χ0n) is 9.36. The van der Waals surface area contributed by atoms with E-state index >= 15 is 0 Å². The van der Waals surface area contributed by atoms with Gasteiger partial charge in [0.1, 0.15) is 0 Å². The van der Waals surface area contributed by atoms with E-state index in [0.717, 1.165) is 41.1 Å². The fourth-order valence-corrected chi connectivity index (χ4v) is 3.05. The molecular weight excluding hydrogens is 325 g/mol. The molecule has 1 fully saturated rings. The number of ether oxygens (including phenoxy) is 1. The molecule has 0 unspecified atom stereocenters. The van der Waals surface area contributed by atoms with Crippen LogP contribution >= 0.6 is 39.9 Å². The molecule has 5 heteroatoms. The van der Waals surface area contributed by atoms with Crippen molar-refractivity contribution >= 4 is 39.9 Å². The molecule has 0 aromatic heterocycles. The lowest BCUT2D eigenvalue weighted by Crippen LogP contribution is -2.27. The van der Waals surface area contributed by atoms with Gasteiger partial charge in [-0.15, -0.1) is 12.4 Å². The van der Waals surface area contributed by atoms with Crippen LogP contribution in [-0.2, 0) is 4.74 Å². The largest absolute Gasteiger partial charge is 0.381 e. The third-order valence-corrected chi connectivity index (χ3v) is 4.02. The summed E-state index contributed by atoms with van der Waals surface area (Å²) < 4.78 is 6.35. The zero-order valence-corrected chi connectivity index (χ0v) is 12.5. The molecule has 1 saturated heterocycles. The van der Waals surface area contributed by atoms with Crippen LogP contribution in [0.15, 0.2) is 22.7 Å². The highest BCUT2D eigenvalue weighted by molar-refractivity contribution is 9.10. The molecule has 0 aliphatic carbocycles. The highest BCUT2D eigenvalue weighted by Crippen LogP contribution is 2.33. The molecule has 2 N–H and O–H groups in total. The molecule has 0 amide bonds. The fraction of sp³-hybridized carbons (Fsp3) is 0.500. The van der Waals surface area contributed by atoms with Gasteiger partial charge in [0.05, 0.1) is 0 Å². The van der Waals surface area contributed by atoms with Crippen LogP contribution in [0.3, 0.4) is 0 Å². The molecular formula is C12H16BrCl2NO. The molecule has 17 heavy (non-hydrogen) atoms. The van der Waals surface area contributed by atoms with Crippen molar-refractivity contribution in [3.8, 4) is 0 Å². The van der Waals surface area contributed by atoms with Crippen LogP contribution in [0.1, 0.15) is 24.4 Å². The van der Waals surface area contributed by atoms with Crippen LogP contribution in [0.25, 0.3) is 0 Å². The first kappa shape index (κ1) is 15.3. The molecule has 0 bridgehead atoms. The Morgan fingerprint density at radius 3 is 2.59 bits per heavy atom. The van der Waals surface area contributed by atoms with Crippen molar-refractivity contribution in [1.82, 2.24) is 0 Å². The van der Waals surface area contributed by atoms with Gasteiger partial charge in [-0.05, 0) is 36.5 Å². The second-order valence-electron chi connectivity index (χ2n) is 4.14. The second kappa shape index (κ2) is 6.95. The van der Waals surface area contributed by atoms with Crippen molar-refractivity contribution in [2.75, 3.05) is 13.2 Å². The topological polar surface area (TPSA) is 35.2 Å². The van der Waals surface area contributed by atoms with Crippen LogP contribution in [0.2, 0.25) is 5.02 Å². The molecule has 0 radical (unpaired) electrons. The second-order valence-corrected chi connectivity index (χ2v) is 5.43. The van der Waals surface area contributed by atoms with E-state index in [1.807, 2.05) is 18.2 Å². The Kier molecular flexibility index (Phi) is 6.24. The molecule has 0 spiro atoms. The van der Waals surface area contributed by atoms with E-state index in [0.29, 0.717) is 5.92 Å². The van der Waals surface area contributed by atoms with Crippen LogP contribution < -0.4 is 5.73 Å². The summed E-state index contributed by atoms with van der Waals surface area (Å²) in [6, 6.07) is 5.86. The van der Waals surface area contributed by atoms with E-state index < -0.39 is 0 Å². The first-order chi connectivity index (χ1) is 7.68. The predicted molar refractivity (Wildman–Crippen MR) is 76.9 cm³/mol. The van der Waals surface area contributed by atoms with Gasteiger partial charge in [0.2, 0.25) is 0 Å². The third-order valence-electron chi connectivity index (χ3n) is 3.10. The van der Waals surface area contributed by atoms with E-state index in [2.05, 4.69) is 15.9 Å². The van der Waals surface area contributed by atoms with Crippen molar-refractivity contribution in [3.63, 3.8) is 0 Å². The Bertz CT molecular complexity index is 370. The SMILES string of the molecule is Cl.N[C@@H](c1ccc(Cl)cc1Br)C1CCOCC1. The average Bonchev–Trinajstić information content (AvgIpc) is 2.29. The van der Waals surface area contributed by atoms with Gasteiger partial charge in [0.15, 0.2) is 0 Å². The van der Waals surface area contributed by atoms with Crippen molar-refractivity contribution in [1.29, 1.82) is 0 Å². The van der Waals surface area contributed by atoms with Crippen molar-refractivity contribution < 1.29 is 4.74 Å². The summed E-state index contributed by atoms with van der Waals surface area (Å²) >= 11 is 9.44. The van der Waals surface area contributed by atoms with Gasteiger partial charge in [-0.2, -0.15) is 0 Å². The Hall–Kier alpha value is 0.200. The minimum atomic E-state index is 0.